The van der Waals surface area contributed by atoms with Gasteiger partial charge in [0.05, 0.1) is 5.66 Å². The van der Waals surface area contributed by atoms with Gasteiger partial charge in [-0.25, -0.2) is 0 Å². The summed E-state index contributed by atoms with van der Waals surface area (Å²) in [6.07, 6.45) is 6.95. The van der Waals surface area contributed by atoms with Crippen LogP contribution in [-0.2, 0) is 0 Å². The summed E-state index contributed by atoms with van der Waals surface area (Å²) in [6.45, 7) is 4.31. The number of hydrogen-bond acceptors (Lipinski definition) is 6. The number of nitrogens with one attached hydrogen (secondary N) is 2. The van der Waals surface area contributed by atoms with Crippen molar-refractivity contribution in [2.24, 2.45) is 28.9 Å². The smallest absolute Gasteiger partial charge is 0.0796 e. The van der Waals surface area contributed by atoms with Crippen molar-refractivity contribution >= 4 is 0 Å². The Balaban J connectivity index is 2.75. The third-order valence-corrected chi connectivity index (χ3v) is 6.07. The first-order valence-electron chi connectivity index (χ1n) is 9.15. The minimum absolute atomic E-state index is 0.0633. The van der Waals surface area contributed by atoms with Crippen LogP contribution in [0.5, 0.6) is 0 Å². The molecular weight excluding hydrogens is 288 g/mol. The number of nitrogens with two attached hydrogens (primary N) is 4. The van der Waals surface area contributed by atoms with Crippen molar-refractivity contribution in [2.45, 2.75) is 88.1 Å². The molecular formula is C17H40N6. The van der Waals surface area contributed by atoms with Gasteiger partial charge in [-0.05, 0) is 58.5 Å². The zero-order valence-corrected chi connectivity index (χ0v) is 15.6. The summed E-state index contributed by atoms with van der Waals surface area (Å²) in [5.74, 6) is 0.350. The molecule has 0 heterocycles. The summed E-state index contributed by atoms with van der Waals surface area (Å²) < 4.78 is 0. The van der Waals surface area contributed by atoms with E-state index in [0.717, 1.165) is 19.3 Å². The molecule has 1 rings (SSSR count). The minimum atomic E-state index is -0.886. The maximum atomic E-state index is 6.41. The van der Waals surface area contributed by atoms with Gasteiger partial charge < -0.3 is 33.6 Å². The first-order chi connectivity index (χ1) is 10.7. The summed E-state index contributed by atoms with van der Waals surface area (Å²) in [5, 5.41) is 7.00. The summed E-state index contributed by atoms with van der Waals surface area (Å²) >= 11 is 0. The van der Waals surface area contributed by atoms with Crippen molar-refractivity contribution in [1.82, 2.24) is 10.6 Å². The highest BCUT2D eigenvalue weighted by Gasteiger charge is 2.42. The highest BCUT2D eigenvalue weighted by molar-refractivity contribution is 5.02. The van der Waals surface area contributed by atoms with E-state index in [2.05, 4.69) is 31.5 Å². The number of rotatable bonds is 9. The lowest BCUT2D eigenvalue weighted by molar-refractivity contribution is 0.111. The molecule has 5 unspecified atom stereocenters. The van der Waals surface area contributed by atoms with Crippen molar-refractivity contribution in [3.05, 3.63) is 0 Å². The average molecular weight is 329 g/mol. The van der Waals surface area contributed by atoms with Crippen molar-refractivity contribution in [2.75, 3.05) is 14.1 Å². The van der Waals surface area contributed by atoms with E-state index in [4.69, 9.17) is 22.9 Å². The van der Waals surface area contributed by atoms with Gasteiger partial charge in [0.25, 0.3) is 0 Å². The van der Waals surface area contributed by atoms with E-state index in [1.807, 2.05) is 7.05 Å². The Morgan fingerprint density at radius 3 is 2.43 bits per heavy atom. The molecule has 0 saturated heterocycles. The SMILES string of the molecule is CCC(N)CC(N)C(N)(N)CC(C)C1(NC)CCCC(NC)C1. The second kappa shape index (κ2) is 8.74. The first-order valence-corrected chi connectivity index (χ1v) is 9.15. The third kappa shape index (κ3) is 5.37. The van der Waals surface area contributed by atoms with Gasteiger partial charge in [-0.2, -0.15) is 0 Å². The largest absolute Gasteiger partial charge is 0.328 e. The molecule has 0 aromatic carbocycles. The molecule has 1 aliphatic carbocycles. The molecule has 1 saturated carbocycles. The van der Waals surface area contributed by atoms with E-state index < -0.39 is 5.66 Å². The highest BCUT2D eigenvalue weighted by atomic mass is 15.0. The molecule has 5 atom stereocenters. The second-order valence-corrected chi connectivity index (χ2v) is 7.72. The number of hydrogen-bond donors (Lipinski definition) is 6. The second-order valence-electron chi connectivity index (χ2n) is 7.72. The van der Waals surface area contributed by atoms with E-state index in [-0.39, 0.29) is 17.6 Å². The van der Waals surface area contributed by atoms with E-state index in [9.17, 15) is 0 Å². The lowest BCUT2D eigenvalue weighted by atomic mass is 9.68. The van der Waals surface area contributed by atoms with Gasteiger partial charge in [-0.1, -0.05) is 20.3 Å². The van der Waals surface area contributed by atoms with Gasteiger partial charge >= 0.3 is 0 Å². The van der Waals surface area contributed by atoms with Gasteiger partial charge in [0.15, 0.2) is 0 Å². The van der Waals surface area contributed by atoms with E-state index in [1.54, 1.807) is 0 Å². The summed E-state index contributed by atoms with van der Waals surface area (Å²) in [7, 11) is 4.09. The molecule has 1 aliphatic rings. The lowest BCUT2D eigenvalue weighted by Gasteiger charge is -2.48. The third-order valence-electron chi connectivity index (χ3n) is 6.07. The first kappa shape index (κ1) is 20.8. The fraction of sp³-hybridized carbons (Fsp3) is 1.00. The van der Waals surface area contributed by atoms with Crippen LogP contribution in [0.4, 0.5) is 0 Å². The van der Waals surface area contributed by atoms with Crippen molar-refractivity contribution < 1.29 is 0 Å². The normalized spacial score (nSPS) is 30.0. The Morgan fingerprint density at radius 2 is 1.91 bits per heavy atom. The van der Waals surface area contributed by atoms with Crippen molar-refractivity contribution in [1.29, 1.82) is 0 Å². The van der Waals surface area contributed by atoms with Gasteiger partial charge in [0, 0.05) is 23.7 Å². The van der Waals surface area contributed by atoms with Crippen molar-refractivity contribution in [3.8, 4) is 0 Å². The van der Waals surface area contributed by atoms with Crippen LogP contribution in [0.2, 0.25) is 0 Å². The van der Waals surface area contributed by atoms with Gasteiger partial charge in [-0.15, -0.1) is 0 Å². The Kier molecular flexibility index (Phi) is 7.90. The molecule has 1 fully saturated rings. The molecule has 10 N–H and O–H groups in total. The molecule has 0 spiro atoms. The van der Waals surface area contributed by atoms with Crippen LogP contribution in [0.1, 0.15) is 58.8 Å². The molecule has 0 aliphatic heterocycles. The maximum Gasteiger partial charge on any atom is 0.0796 e. The van der Waals surface area contributed by atoms with Gasteiger partial charge in [0.1, 0.15) is 0 Å². The van der Waals surface area contributed by atoms with Crippen LogP contribution in [0.25, 0.3) is 0 Å². The van der Waals surface area contributed by atoms with Crippen LogP contribution in [-0.4, -0.2) is 43.4 Å². The maximum absolute atomic E-state index is 6.41. The lowest BCUT2D eigenvalue weighted by Crippen LogP contribution is -2.66. The topological polar surface area (TPSA) is 128 Å². The summed E-state index contributed by atoms with van der Waals surface area (Å²) in [5.41, 5.74) is 24.3. The molecule has 0 aromatic rings. The fourth-order valence-electron chi connectivity index (χ4n) is 4.06. The van der Waals surface area contributed by atoms with Crippen LogP contribution < -0.4 is 33.6 Å². The zero-order chi connectivity index (χ0) is 17.7. The quantitative estimate of drug-likeness (QED) is 0.336. The van der Waals surface area contributed by atoms with Crippen molar-refractivity contribution in [3.63, 3.8) is 0 Å². The molecule has 6 heteroatoms. The van der Waals surface area contributed by atoms with E-state index >= 15 is 0 Å². The molecule has 138 valence electrons. The van der Waals surface area contributed by atoms with Crippen LogP contribution in [0.15, 0.2) is 0 Å². The fourth-order valence-corrected chi connectivity index (χ4v) is 4.06. The van der Waals surface area contributed by atoms with E-state index in [0.29, 0.717) is 24.8 Å². The van der Waals surface area contributed by atoms with E-state index in [1.165, 1.54) is 12.8 Å². The monoisotopic (exact) mass is 328 g/mol. The highest BCUT2D eigenvalue weighted by Crippen LogP contribution is 2.37. The summed E-state index contributed by atoms with van der Waals surface area (Å²) in [6, 6.07) is 0.330. The molecule has 23 heavy (non-hydrogen) atoms. The van der Waals surface area contributed by atoms with Crippen LogP contribution in [0, 0.1) is 5.92 Å². The molecule has 6 nitrogen and oxygen atoms in total. The standard InChI is InChI=1S/C17H40N6/c1-5-13(18)9-15(19)17(20,21)10-12(2)16(23-4)8-6-7-14(11-16)22-3/h12-15,22-23H,5-11,18-21H2,1-4H3. The minimum Gasteiger partial charge on any atom is -0.328 e. The molecule has 0 bridgehead atoms. The average Bonchev–Trinajstić information content (AvgIpc) is 2.53. The Morgan fingerprint density at radius 1 is 1.26 bits per heavy atom. The van der Waals surface area contributed by atoms with Crippen LogP contribution >= 0.6 is 0 Å². The Hall–Kier alpha value is -0.240. The zero-order valence-electron chi connectivity index (χ0n) is 15.6. The predicted molar refractivity (Wildman–Crippen MR) is 98.9 cm³/mol. The summed E-state index contributed by atoms with van der Waals surface area (Å²) in [4.78, 5) is 0. The molecule has 0 radical (unpaired) electrons. The van der Waals surface area contributed by atoms with Gasteiger partial charge in [0.2, 0.25) is 0 Å². The predicted octanol–water partition coefficient (Wildman–Crippen LogP) is 0.201. The van der Waals surface area contributed by atoms with Crippen LogP contribution in [0.3, 0.4) is 0 Å². The Labute approximate surface area is 142 Å². The van der Waals surface area contributed by atoms with Gasteiger partial charge in [-0.3, -0.25) is 0 Å². The molecule has 0 aromatic heterocycles. The Bertz CT molecular complexity index is 348. The molecule has 0 amide bonds.